The third kappa shape index (κ3) is 4.31. The van der Waals surface area contributed by atoms with Crippen LogP contribution in [0.4, 0.5) is 8.78 Å². The van der Waals surface area contributed by atoms with Crippen molar-refractivity contribution < 1.29 is 8.78 Å². The summed E-state index contributed by atoms with van der Waals surface area (Å²) in [6, 6.07) is 3.28. The molecular weight excluding hydrogens is 417 g/mol. The van der Waals surface area contributed by atoms with Crippen molar-refractivity contribution in [2.24, 2.45) is 17.8 Å². The number of rotatable bonds is 4. The molecule has 0 radical (unpaired) electrons. The lowest BCUT2D eigenvalue weighted by Gasteiger charge is -2.38. The minimum absolute atomic E-state index is 0.416. The second-order valence-corrected chi connectivity index (χ2v) is 9.14. The van der Waals surface area contributed by atoms with Gasteiger partial charge in [-0.25, -0.2) is 8.78 Å². The van der Waals surface area contributed by atoms with Crippen LogP contribution in [-0.4, -0.2) is 0 Å². The van der Waals surface area contributed by atoms with Gasteiger partial charge in [-0.15, -0.1) is 0 Å². The maximum atomic E-state index is 13.7. The van der Waals surface area contributed by atoms with E-state index in [1.165, 1.54) is 57.4 Å². The zero-order valence-electron chi connectivity index (χ0n) is 14.7. The second-order valence-electron chi connectivity index (χ2n) is 7.98. The molecule has 0 unspecified atom stereocenters. The molecule has 1 aromatic carbocycles. The first kappa shape index (κ1) is 18.6. The van der Waals surface area contributed by atoms with E-state index in [0.29, 0.717) is 9.49 Å². The van der Waals surface area contributed by atoms with Gasteiger partial charge in [0.05, 0.1) is 3.57 Å². The van der Waals surface area contributed by atoms with Crippen molar-refractivity contribution in [2.45, 2.75) is 77.0 Å². The Balaban J connectivity index is 1.53. The number of hydrogen-bond donors (Lipinski definition) is 0. The molecule has 0 nitrogen and oxygen atoms in total. The molecule has 134 valence electrons. The first-order valence-corrected chi connectivity index (χ1v) is 10.8. The van der Waals surface area contributed by atoms with Crippen LogP contribution in [0.15, 0.2) is 12.1 Å². The summed E-state index contributed by atoms with van der Waals surface area (Å²) in [4.78, 5) is 0. The highest BCUT2D eigenvalue weighted by atomic mass is 127. The van der Waals surface area contributed by atoms with Gasteiger partial charge in [-0.05, 0) is 102 Å². The molecule has 0 aliphatic heterocycles. The molecule has 1 aromatic rings. The molecule has 0 N–H and O–H groups in total. The maximum Gasteiger partial charge on any atom is 0.172 e. The summed E-state index contributed by atoms with van der Waals surface area (Å²) in [5.41, 5.74) is 1.00. The van der Waals surface area contributed by atoms with Crippen LogP contribution in [0.2, 0.25) is 0 Å². The molecule has 0 bridgehead atoms. The fraction of sp³-hybridized carbons (Fsp3) is 0.714. The molecule has 2 aliphatic carbocycles. The van der Waals surface area contributed by atoms with Gasteiger partial charge in [-0.3, -0.25) is 0 Å². The molecule has 24 heavy (non-hydrogen) atoms. The van der Waals surface area contributed by atoms with Crippen molar-refractivity contribution in [3.63, 3.8) is 0 Å². The van der Waals surface area contributed by atoms with E-state index in [4.69, 9.17) is 0 Å². The number of hydrogen-bond acceptors (Lipinski definition) is 0. The molecule has 0 saturated heterocycles. The van der Waals surface area contributed by atoms with Gasteiger partial charge in [0, 0.05) is 0 Å². The van der Waals surface area contributed by atoms with E-state index in [1.54, 1.807) is 0 Å². The predicted octanol–water partition coefficient (Wildman–Crippen LogP) is 7.45. The molecular formula is C21H29F2I. The third-order valence-corrected chi connectivity index (χ3v) is 7.29. The summed E-state index contributed by atoms with van der Waals surface area (Å²) in [5, 5.41) is 0. The molecule has 3 rings (SSSR count). The van der Waals surface area contributed by atoms with Crippen molar-refractivity contribution in [1.82, 2.24) is 0 Å². The Kier molecular flexibility index (Phi) is 6.56. The normalized spacial score (nSPS) is 31.2. The highest BCUT2D eigenvalue weighted by molar-refractivity contribution is 14.1. The van der Waals surface area contributed by atoms with Crippen molar-refractivity contribution in [2.75, 3.05) is 0 Å². The summed E-state index contributed by atoms with van der Waals surface area (Å²) in [6.45, 7) is 2.30. The Morgan fingerprint density at radius 2 is 1.50 bits per heavy atom. The summed E-state index contributed by atoms with van der Waals surface area (Å²) in [6.07, 6.45) is 13.3. The molecule has 2 aliphatic rings. The Morgan fingerprint density at radius 1 is 0.917 bits per heavy atom. The summed E-state index contributed by atoms with van der Waals surface area (Å²) >= 11 is 1.90. The summed E-state index contributed by atoms with van der Waals surface area (Å²) in [7, 11) is 0. The van der Waals surface area contributed by atoms with Crippen LogP contribution in [-0.2, 0) is 0 Å². The number of benzene rings is 1. The van der Waals surface area contributed by atoms with E-state index >= 15 is 0 Å². The van der Waals surface area contributed by atoms with Gasteiger partial charge in [-0.2, -0.15) is 0 Å². The molecule has 3 heteroatoms. The zero-order valence-corrected chi connectivity index (χ0v) is 16.8. The molecule has 0 spiro atoms. The van der Waals surface area contributed by atoms with Gasteiger partial charge in [0.2, 0.25) is 0 Å². The fourth-order valence-corrected chi connectivity index (χ4v) is 5.71. The maximum absolute atomic E-state index is 13.7. The minimum atomic E-state index is -0.697. The lowest BCUT2D eigenvalue weighted by molar-refractivity contribution is 0.156. The van der Waals surface area contributed by atoms with Gasteiger partial charge in [0.25, 0.3) is 0 Å². The van der Waals surface area contributed by atoms with E-state index in [1.807, 2.05) is 28.7 Å². The van der Waals surface area contributed by atoms with Crippen LogP contribution in [0, 0.1) is 33.0 Å². The van der Waals surface area contributed by atoms with Crippen molar-refractivity contribution in [3.05, 3.63) is 32.9 Å². The van der Waals surface area contributed by atoms with E-state index < -0.39 is 11.6 Å². The van der Waals surface area contributed by atoms with Gasteiger partial charge < -0.3 is 0 Å². The van der Waals surface area contributed by atoms with Crippen LogP contribution < -0.4 is 0 Å². The van der Waals surface area contributed by atoms with Gasteiger partial charge >= 0.3 is 0 Å². The average molecular weight is 446 g/mol. The predicted molar refractivity (Wildman–Crippen MR) is 104 cm³/mol. The van der Waals surface area contributed by atoms with Crippen molar-refractivity contribution >= 4 is 22.6 Å². The molecule has 2 fully saturated rings. The molecule has 2 saturated carbocycles. The van der Waals surface area contributed by atoms with Gasteiger partial charge in [0.1, 0.15) is 0 Å². The molecule has 0 aromatic heterocycles. The highest BCUT2D eigenvalue weighted by Crippen LogP contribution is 2.44. The average Bonchev–Trinajstić information content (AvgIpc) is 2.60. The first-order valence-electron chi connectivity index (χ1n) is 9.72. The van der Waals surface area contributed by atoms with Crippen molar-refractivity contribution in [3.8, 4) is 0 Å². The van der Waals surface area contributed by atoms with Gasteiger partial charge in [0.15, 0.2) is 11.6 Å². The smallest absolute Gasteiger partial charge is 0.172 e. The van der Waals surface area contributed by atoms with E-state index in [2.05, 4.69) is 6.92 Å². The van der Waals surface area contributed by atoms with Crippen molar-refractivity contribution in [1.29, 1.82) is 0 Å². The first-order chi connectivity index (χ1) is 11.6. The SMILES string of the molecule is CCCC1CCC(C2CCC(c3cc(F)c(F)c(I)c3)CC2)CC1. The fourth-order valence-electron chi connectivity index (χ4n) is 5.09. The standard InChI is InChI=1S/C21H29F2I/c1-2-3-14-4-6-15(7-5-14)16-8-10-17(11-9-16)18-12-19(22)21(23)20(24)13-18/h12-17H,2-11H2,1H3. The Bertz CT molecular complexity index is 518. The monoisotopic (exact) mass is 446 g/mol. The summed E-state index contributed by atoms with van der Waals surface area (Å²) in [5.74, 6) is 1.80. The van der Waals surface area contributed by atoms with Crippen LogP contribution in [0.3, 0.4) is 0 Å². The zero-order chi connectivity index (χ0) is 17.1. The lowest BCUT2D eigenvalue weighted by Crippen LogP contribution is -2.25. The highest BCUT2D eigenvalue weighted by Gasteiger charge is 2.31. The van der Waals surface area contributed by atoms with E-state index in [9.17, 15) is 8.78 Å². The Labute approximate surface area is 158 Å². The van der Waals surface area contributed by atoms with Crippen LogP contribution in [0.5, 0.6) is 0 Å². The largest absolute Gasteiger partial charge is 0.204 e. The summed E-state index contributed by atoms with van der Waals surface area (Å²) < 4.78 is 27.6. The van der Waals surface area contributed by atoms with Crippen LogP contribution in [0.1, 0.15) is 82.6 Å². The Hall–Kier alpha value is -0.190. The van der Waals surface area contributed by atoms with Crippen LogP contribution in [0.25, 0.3) is 0 Å². The third-order valence-electron chi connectivity index (χ3n) is 6.50. The Morgan fingerprint density at radius 3 is 2.04 bits per heavy atom. The lowest BCUT2D eigenvalue weighted by atomic mass is 9.68. The molecule has 0 heterocycles. The quantitative estimate of drug-likeness (QED) is 0.333. The van der Waals surface area contributed by atoms with E-state index in [-0.39, 0.29) is 0 Å². The van der Waals surface area contributed by atoms with Crippen LogP contribution >= 0.6 is 22.6 Å². The van der Waals surface area contributed by atoms with Gasteiger partial charge in [-0.1, -0.05) is 32.6 Å². The topological polar surface area (TPSA) is 0 Å². The number of halogens is 3. The molecule has 0 atom stereocenters. The van der Waals surface area contributed by atoms with E-state index in [0.717, 1.165) is 36.2 Å². The second kappa shape index (κ2) is 8.46. The minimum Gasteiger partial charge on any atom is -0.204 e. The molecule has 0 amide bonds.